The van der Waals surface area contributed by atoms with E-state index in [9.17, 15) is 15.3 Å². The van der Waals surface area contributed by atoms with Crippen molar-refractivity contribution in [2.45, 2.75) is 94.4 Å². The fourth-order valence-electron chi connectivity index (χ4n) is 8.32. The van der Waals surface area contributed by atoms with Gasteiger partial charge in [0.2, 0.25) is 0 Å². The molecule has 13 nitrogen and oxygen atoms in total. The molecule has 0 aromatic heterocycles. The van der Waals surface area contributed by atoms with Crippen molar-refractivity contribution in [3.05, 3.63) is 155 Å². The quantitative estimate of drug-likeness (QED) is 0.0811. The molecule has 0 radical (unpaired) electrons. The normalized spacial score (nSPS) is 25.9. The van der Waals surface area contributed by atoms with Crippen molar-refractivity contribution in [1.29, 1.82) is 0 Å². The third-order valence-electron chi connectivity index (χ3n) is 11.6. The number of aliphatic hydroxyl groups is 3. The largest absolute Gasteiger partial charge is 0.497 e. The Morgan fingerprint density at radius 1 is 0.476 bits per heavy atom. The summed E-state index contributed by atoms with van der Waals surface area (Å²) >= 11 is 0. The zero-order valence-corrected chi connectivity index (χ0v) is 36.3. The zero-order chi connectivity index (χ0) is 44.3. The summed E-state index contributed by atoms with van der Waals surface area (Å²) in [5.74, 6) is 1.49. The predicted molar refractivity (Wildman–Crippen MR) is 233 cm³/mol. The zero-order valence-electron chi connectivity index (χ0n) is 36.3. The summed E-state index contributed by atoms with van der Waals surface area (Å²) in [6.07, 6.45) is -10.1. The molecule has 2 saturated heterocycles. The molecular formula is C50H58O13. The Morgan fingerprint density at radius 2 is 0.937 bits per heavy atom. The Kier molecular flexibility index (Phi) is 16.1. The maximum atomic E-state index is 12.2. The van der Waals surface area contributed by atoms with Crippen LogP contribution in [0.3, 0.4) is 0 Å². The molecule has 2 heterocycles. The third kappa shape index (κ3) is 10.7. The Labute approximate surface area is 368 Å². The summed E-state index contributed by atoms with van der Waals surface area (Å²) in [4.78, 5) is 0. The van der Waals surface area contributed by atoms with Gasteiger partial charge in [0.15, 0.2) is 0 Å². The van der Waals surface area contributed by atoms with E-state index in [0.29, 0.717) is 23.7 Å². The van der Waals surface area contributed by atoms with E-state index in [1.807, 2.05) is 110 Å². The van der Waals surface area contributed by atoms with Crippen LogP contribution in [0.2, 0.25) is 0 Å². The molecule has 0 aliphatic carbocycles. The predicted octanol–water partition coefficient (Wildman–Crippen LogP) is 6.68. The van der Waals surface area contributed by atoms with Gasteiger partial charge in [0.05, 0.1) is 78.7 Å². The lowest BCUT2D eigenvalue weighted by Gasteiger charge is -2.46. The van der Waals surface area contributed by atoms with Crippen molar-refractivity contribution in [3.8, 4) is 23.0 Å². The molecular weight excluding hydrogens is 809 g/mol. The van der Waals surface area contributed by atoms with Crippen molar-refractivity contribution < 1.29 is 62.7 Å². The van der Waals surface area contributed by atoms with Crippen molar-refractivity contribution >= 4 is 0 Å². The standard InChI is InChI=1S/C50H58O13/c1-31-44(58-27-32-15-9-6-10-16-32)49(60-28-33-17-11-7-12-18-33)50(61-29-34-19-13-8-14-20-34)47(62-31)41-38(56-4)25-37(55-3)40(45(41)57-5)46-43(53)48(42(52)39(26-51)63-46)59-30-35-21-23-36(54-2)24-22-35/h6-25,31,39,42-44,46-53H,26-30H2,1-5H3/t31-,39+,42-,43-,44+,46-,47+,48-,49+,50+/m0/s1. The first-order valence-electron chi connectivity index (χ1n) is 21.1. The molecule has 2 fully saturated rings. The highest BCUT2D eigenvalue weighted by Gasteiger charge is 2.52. The van der Waals surface area contributed by atoms with E-state index in [4.69, 9.17) is 47.4 Å². The highest BCUT2D eigenvalue weighted by molar-refractivity contribution is 5.60. The molecule has 13 heteroatoms. The summed E-state index contributed by atoms with van der Waals surface area (Å²) in [6, 6.07) is 38.5. The molecule has 0 bridgehead atoms. The van der Waals surface area contributed by atoms with Crippen molar-refractivity contribution in [3.63, 3.8) is 0 Å². The summed E-state index contributed by atoms with van der Waals surface area (Å²) in [5.41, 5.74) is 4.39. The highest BCUT2D eigenvalue weighted by Crippen LogP contribution is 2.52. The van der Waals surface area contributed by atoms with Gasteiger partial charge in [-0.05, 0) is 41.3 Å². The topological polar surface area (TPSA) is 153 Å². The lowest BCUT2D eigenvalue weighted by molar-refractivity contribution is -0.264. The first-order valence-corrected chi connectivity index (χ1v) is 21.1. The number of aliphatic hydroxyl groups excluding tert-OH is 3. The molecule has 63 heavy (non-hydrogen) atoms. The highest BCUT2D eigenvalue weighted by atomic mass is 16.6. The van der Waals surface area contributed by atoms with E-state index in [1.54, 1.807) is 25.3 Å². The number of methoxy groups -OCH3 is 4. The van der Waals surface area contributed by atoms with Crippen LogP contribution in [0, 0.1) is 0 Å². The summed E-state index contributed by atoms with van der Waals surface area (Å²) in [5, 5.41) is 34.1. The van der Waals surface area contributed by atoms with Gasteiger partial charge in [0, 0.05) is 6.07 Å². The van der Waals surface area contributed by atoms with Crippen LogP contribution in [0.15, 0.2) is 121 Å². The molecule has 5 aromatic rings. The molecule has 5 aromatic carbocycles. The summed E-state index contributed by atoms with van der Waals surface area (Å²) in [7, 11) is 6.09. The van der Waals surface area contributed by atoms with Crippen molar-refractivity contribution in [2.24, 2.45) is 0 Å². The minimum absolute atomic E-state index is 0.0435. The third-order valence-corrected chi connectivity index (χ3v) is 11.6. The Morgan fingerprint density at radius 3 is 1.41 bits per heavy atom. The monoisotopic (exact) mass is 866 g/mol. The average Bonchev–Trinajstić information content (AvgIpc) is 3.33. The van der Waals surface area contributed by atoms with Crippen LogP contribution in [0.1, 0.15) is 52.5 Å². The van der Waals surface area contributed by atoms with Gasteiger partial charge in [0.25, 0.3) is 0 Å². The van der Waals surface area contributed by atoms with E-state index < -0.39 is 67.6 Å². The minimum atomic E-state index is -1.47. The van der Waals surface area contributed by atoms with Crippen LogP contribution in [-0.2, 0) is 54.8 Å². The van der Waals surface area contributed by atoms with Gasteiger partial charge < -0.3 is 62.7 Å². The van der Waals surface area contributed by atoms with Crippen LogP contribution in [0.4, 0.5) is 0 Å². The fraction of sp³-hybridized carbons (Fsp3) is 0.400. The van der Waals surface area contributed by atoms with Gasteiger partial charge in [-0.3, -0.25) is 0 Å². The second-order valence-electron chi connectivity index (χ2n) is 15.6. The molecule has 2 aliphatic rings. The SMILES string of the molecule is COc1ccc(CO[C@H]2[C@@H](O)[C@@H](CO)O[C@@H](c3c(OC)cc(OC)c([C@H]4O[C@@H](C)[C@@H](OCc5ccccc5)[C@@H](OCc5ccccc5)[C@@H]4OCc4ccccc4)c3OC)[C@@H]2O)cc1. The van der Waals surface area contributed by atoms with E-state index >= 15 is 0 Å². The number of rotatable bonds is 19. The van der Waals surface area contributed by atoms with Gasteiger partial charge >= 0.3 is 0 Å². The summed E-state index contributed by atoms with van der Waals surface area (Å²) in [6.45, 7) is 2.18. The Hall–Kier alpha value is -5.06. The second kappa shape index (κ2) is 22.0. The van der Waals surface area contributed by atoms with Gasteiger partial charge in [0.1, 0.15) is 77.9 Å². The van der Waals surface area contributed by atoms with Crippen LogP contribution in [0.5, 0.6) is 23.0 Å². The van der Waals surface area contributed by atoms with E-state index in [2.05, 4.69) is 0 Å². The minimum Gasteiger partial charge on any atom is -0.497 e. The lowest BCUT2D eigenvalue weighted by atomic mass is 9.85. The van der Waals surface area contributed by atoms with E-state index in [0.717, 1.165) is 22.3 Å². The van der Waals surface area contributed by atoms with Gasteiger partial charge in [-0.15, -0.1) is 0 Å². The molecule has 0 amide bonds. The fourth-order valence-corrected chi connectivity index (χ4v) is 8.32. The van der Waals surface area contributed by atoms with Crippen LogP contribution in [-0.4, -0.2) is 99.2 Å². The maximum absolute atomic E-state index is 12.2. The Bertz CT molecular complexity index is 2140. The first kappa shape index (κ1) is 45.9. The molecule has 3 N–H and O–H groups in total. The van der Waals surface area contributed by atoms with Crippen molar-refractivity contribution in [2.75, 3.05) is 35.0 Å². The first-order chi connectivity index (χ1) is 30.8. The van der Waals surface area contributed by atoms with E-state index in [1.165, 1.54) is 21.3 Å². The number of hydrogen-bond donors (Lipinski definition) is 3. The second-order valence-corrected chi connectivity index (χ2v) is 15.6. The summed E-state index contributed by atoms with van der Waals surface area (Å²) < 4.78 is 63.8. The van der Waals surface area contributed by atoms with Gasteiger partial charge in [-0.1, -0.05) is 103 Å². The lowest BCUT2D eigenvalue weighted by Crippen LogP contribution is -2.57. The molecule has 0 unspecified atom stereocenters. The Balaban J connectivity index is 1.31. The van der Waals surface area contributed by atoms with E-state index in [-0.39, 0.29) is 36.9 Å². The molecule has 0 spiro atoms. The molecule has 2 aliphatic heterocycles. The van der Waals surface area contributed by atoms with Gasteiger partial charge in [-0.25, -0.2) is 0 Å². The molecule has 336 valence electrons. The maximum Gasteiger partial charge on any atom is 0.138 e. The molecule has 0 saturated carbocycles. The van der Waals surface area contributed by atoms with Crippen LogP contribution < -0.4 is 18.9 Å². The molecule has 7 rings (SSSR count). The number of ether oxygens (including phenoxy) is 10. The smallest absolute Gasteiger partial charge is 0.138 e. The van der Waals surface area contributed by atoms with Gasteiger partial charge in [-0.2, -0.15) is 0 Å². The average molecular weight is 867 g/mol. The van der Waals surface area contributed by atoms with Crippen LogP contribution in [0.25, 0.3) is 0 Å². The van der Waals surface area contributed by atoms with Crippen LogP contribution >= 0.6 is 0 Å². The molecule has 10 atom stereocenters. The van der Waals surface area contributed by atoms with Crippen molar-refractivity contribution in [1.82, 2.24) is 0 Å². The number of benzene rings is 5. The number of hydrogen-bond acceptors (Lipinski definition) is 13.